The standard InChI is InChI=1S/C22H26ClN3O3/c1-16-7-8-18(13-17(16)2)29-15-22(28)26-11-9-25(10-12-26)14-21(27)24-20-6-4-3-5-19(20)23/h3-8,13H,9-12,14-15H2,1-2H3,(H,24,27)/p+1. The number of piperazine rings is 1. The van der Waals surface area contributed by atoms with Crippen LogP contribution in [0.2, 0.25) is 5.02 Å². The summed E-state index contributed by atoms with van der Waals surface area (Å²) in [4.78, 5) is 27.6. The molecule has 1 aliphatic heterocycles. The molecule has 154 valence electrons. The van der Waals surface area contributed by atoms with Gasteiger partial charge in [0.15, 0.2) is 13.2 Å². The molecule has 0 spiro atoms. The highest BCUT2D eigenvalue weighted by molar-refractivity contribution is 6.33. The number of quaternary nitrogens is 1. The van der Waals surface area contributed by atoms with Crippen LogP contribution in [0.25, 0.3) is 0 Å². The number of rotatable bonds is 6. The minimum absolute atomic E-state index is 0.0252. The number of aryl methyl sites for hydroxylation is 2. The maximum Gasteiger partial charge on any atom is 0.279 e. The third kappa shape index (κ3) is 5.95. The Balaban J connectivity index is 1.41. The number of amides is 2. The van der Waals surface area contributed by atoms with Crippen LogP contribution in [-0.2, 0) is 9.59 Å². The fourth-order valence-electron chi connectivity index (χ4n) is 3.27. The number of benzene rings is 2. The summed E-state index contributed by atoms with van der Waals surface area (Å²) in [5.74, 6) is 0.607. The molecule has 6 nitrogen and oxygen atoms in total. The molecule has 0 aromatic heterocycles. The van der Waals surface area contributed by atoms with Crippen molar-refractivity contribution in [3.63, 3.8) is 0 Å². The van der Waals surface area contributed by atoms with Gasteiger partial charge in [-0.2, -0.15) is 0 Å². The first-order valence-electron chi connectivity index (χ1n) is 9.78. The van der Waals surface area contributed by atoms with Crippen molar-refractivity contribution in [1.82, 2.24) is 4.90 Å². The Kier molecular flexibility index (Phi) is 7.12. The maximum absolute atomic E-state index is 12.4. The summed E-state index contributed by atoms with van der Waals surface area (Å²) in [6, 6.07) is 13.0. The van der Waals surface area contributed by atoms with Crippen LogP contribution in [0.1, 0.15) is 11.1 Å². The van der Waals surface area contributed by atoms with Gasteiger partial charge in [-0.3, -0.25) is 9.59 Å². The summed E-state index contributed by atoms with van der Waals surface area (Å²) in [6.07, 6.45) is 0. The Bertz CT molecular complexity index is 879. The number of nitrogens with one attached hydrogen (secondary N) is 2. The van der Waals surface area contributed by atoms with Gasteiger partial charge in [-0.05, 0) is 49.2 Å². The van der Waals surface area contributed by atoms with Crippen molar-refractivity contribution < 1.29 is 19.2 Å². The zero-order chi connectivity index (χ0) is 20.8. The number of carbonyl (C=O) groups excluding carboxylic acids is 2. The van der Waals surface area contributed by atoms with Gasteiger partial charge in [0.05, 0.1) is 36.9 Å². The highest BCUT2D eigenvalue weighted by atomic mass is 35.5. The third-order valence-electron chi connectivity index (χ3n) is 5.22. The summed E-state index contributed by atoms with van der Waals surface area (Å²) in [5, 5.41) is 3.37. The average Bonchev–Trinajstić information content (AvgIpc) is 2.71. The van der Waals surface area contributed by atoms with Gasteiger partial charge in [0, 0.05) is 0 Å². The lowest BCUT2D eigenvalue weighted by Crippen LogP contribution is -3.15. The number of carbonyl (C=O) groups is 2. The lowest BCUT2D eigenvalue weighted by molar-refractivity contribution is -0.895. The lowest BCUT2D eigenvalue weighted by atomic mass is 10.1. The molecule has 29 heavy (non-hydrogen) atoms. The minimum Gasteiger partial charge on any atom is -0.484 e. The van der Waals surface area contributed by atoms with Gasteiger partial charge in [-0.15, -0.1) is 0 Å². The predicted molar refractivity (Wildman–Crippen MR) is 114 cm³/mol. The number of hydrogen-bond donors (Lipinski definition) is 2. The molecule has 2 N–H and O–H groups in total. The normalized spacial score (nSPS) is 14.5. The van der Waals surface area contributed by atoms with Crippen molar-refractivity contribution in [1.29, 1.82) is 0 Å². The highest BCUT2D eigenvalue weighted by Crippen LogP contribution is 2.20. The SMILES string of the molecule is Cc1ccc(OCC(=O)N2CC[NH+](CC(=O)Nc3ccccc3Cl)CC2)cc1C. The second-order valence-corrected chi connectivity index (χ2v) is 7.78. The van der Waals surface area contributed by atoms with Gasteiger partial charge in [0.2, 0.25) is 0 Å². The molecule has 0 saturated carbocycles. The highest BCUT2D eigenvalue weighted by Gasteiger charge is 2.25. The fraction of sp³-hybridized carbons (Fsp3) is 0.364. The first-order chi connectivity index (χ1) is 13.9. The van der Waals surface area contributed by atoms with Crippen LogP contribution in [-0.4, -0.2) is 56.0 Å². The molecule has 0 atom stereocenters. The first-order valence-corrected chi connectivity index (χ1v) is 10.2. The van der Waals surface area contributed by atoms with Gasteiger partial charge in [-0.25, -0.2) is 0 Å². The summed E-state index contributed by atoms with van der Waals surface area (Å²) in [7, 11) is 0. The molecule has 0 bridgehead atoms. The van der Waals surface area contributed by atoms with Crippen LogP contribution >= 0.6 is 11.6 Å². The molecule has 1 heterocycles. The zero-order valence-electron chi connectivity index (χ0n) is 16.8. The van der Waals surface area contributed by atoms with E-state index in [0.717, 1.165) is 23.6 Å². The molecule has 1 saturated heterocycles. The fourth-order valence-corrected chi connectivity index (χ4v) is 3.46. The first kappa shape index (κ1) is 21.1. The molecule has 1 fully saturated rings. The van der Waals surface area contributed by atoms with E-state index in [0.29, 0.717) is 36.1 Å². The Morgan fingerprint density at radius 1 is 1.10 bits per heavy atom. The quantitative estimate of drug-likeness (QED) is 0.753. The second-order valence-electron chi connectivity index (χ2n) is 7.37. The summed E-state index contributed by atoms with van der Waals surface area (Å²) in [5.41, 5.74) is 2.96. The molecule has 0 unspecified atom stereocenters. The molecule has 2 aromatic carbocycles. The molecule has 2 amide bonds. The number of anilines is 1. The molecule has 0 aliphatic carbocycles. The molecular weight excluding hydrogens is 390 g/mol. The van der Waals surface area contributed by atoms with Crippen molar-refractivity contribution >= 4 is 29.1 Å². The van der Waals surface area contributed by atoms with E-state index < -0.39 is 0 Å². The smallest absolute Gasteiger partial charge is 0.279 e. The van der Waals surface area contributed by atoms with Crippen molar-refractivity contribution in [2.45, 2.75) is 13.8 Å². The predicted octanol–water partition coefficient (Wildman–Crippen LogP) is 1.70. The topological polar surface area (TPSA) is 63.1 Å². The van der Waals surface area contributed by atoms with E-state index in [1.165, 1.54) is 5.56 Å². The van der Waals surface area contributed by atoms with E-state index in [2.05, 4.69) is 5.32 Å². The molecule has 1 aliphatic rings. The lowest BCUT2D eigenvalue weighted by Gasteiger charge is -2.31. The van der Waals surface area contributed by atoms with Crippen LogP contribution in [0.15, 0.2) is 42.5 Å². The van der Waals surface area contributed by atoms with Crippen LogP contribution < -0.4 is 15.0 Å². The van der Waals surface area contributed by atoms with E-state index in [9.17, 15) is 9.59 Å². The van der Waals surface area contributed by atoms with Crippen LogP contribution in [0, 0.1) is 13.8 Å². The van der Waals surface area contributed by atoms with Crippen molar-refractivity contribution in [3.05, 3.63) is 58.6 Å². The summed E-state index contributed by atoms with van der Waals surface area (Å²) < 4.78 is 5.65. The summed E-state index contributed by atoms with van der Waals surface area (Å²) in [6.45, 7) is 7.14. The Morgan fingerprint density at radius 3 is 2.52 bits per heavy atom. The zero-order valence-corrected chi connectivity index (χ0v) is 17.6. The Morgan fingerprint density at radius 2 is 1.83 bits per heavy atom. The summed E-state index contributed by atoms with van der Waals surface area (Å²) >= 11 is 6.08. The largest absolute Gasteiger partial charge is 0.484 e. The Hall–Kier alpha value is -2.57. The van der Waals surface area contributed by atoms with Crippen molar-refractivity contribution in [2.75, 3.05) is 44.6 Å². The number of hydrogen-bond acceptors (Lipinski definition) is 3. The van der Waals surface area contributed by atoms with Crippen LogP contribution in [0.4, 0.5) is 5.69 Å². The van der Waals surface area contributed by atoms with Crippen LogP contribution in [0.3, 0.4) is 0 Å². The van der Waals surface area contributed by atoms with Gasteiger partial charge in [0.1, 0.15) is 5.75 Å². The van der Waals surface area contributed by atoms with Gasteiger partial charge >= 0.3 is 0 Å². The molecule has 0 radical (unpaired) electrons. The molecular formula is C22H27ClN3O3+. The number of nitrogens with zero attached hydrogens (tertiary/aromatic N) is 1. The van der Waals surface area contributed by atoms with Crippen LogP contribution in [0.5, 0.6) is 5.75 Å². The molecule has 7 heteroatoms. The number of para-hydroxylation sites is 1. The third-order valence-corrected chi connectivity index (χ3v) is 5.55. The van der Waals surface area contributed by atoms with Gasteiger partial charge in [-0.1, -0.05) is 29.8 Å². The number of ether oxygens (including phenoxy) is 1. The molecule has 3 rings (SSSR count). The van der Waals surface area contributed by atoms with Crippen molar-refractivity contribution in [2.24, 2.45) is 0 Å². The van der Waals surface area contributed by atoms with E-state index in [1.54, 1.807) is 17.0 Å². The average molecular weight is 417 g/mol. The van der Waals surface area contributed by atoms with Crippen molar-refractivity contribution in [3.8, 4) is 5.75 Å². The molecule has 2 aromatic rings. The van der Waals surface area contributed by atoms with E-state index >= 15 is 0 Å². The van der Waals surface area contributed by atoms with E-state index in [-0.39, 0.29) is 18.4 Å². The monoisotopic (exact) mass is 416 g/mol. The van der Waals surface area contributed by atoms with Gasteiger partial charge < -0.3 is 19.9 Å². The van der Waals surface area contributed by atoms with E-state index in [4.69, 9.17) is 16.3 Å². The second kappa shape index (κ2) is 9.76. The minimum atomic E-state index is -0.0778. The van der Waals surface area contributed by atoms with E-state index in [1.807, 2.05) is 44.2 Å². The maximum atomic E-state index is 12.4. The Labute approximate surface area is 176 Å². The number of halogens is 1. The van der Waals surface area contributed by atoms with Gasteiger partial charge in [0.25, 0.3) is 11.8 Å².